The minimum Gasteiger partial charge on any atom is -0.288 e. The van der Waals surface area contributed by atoms with Gasteiger partial charge in [0.15, 0.2) is 0 Å². The van der Waals surface area contributed by atoms with Crippen LogP contribution in [0.2, 0.25) is 0 Å². The van der Waals surface area contributed by atoms with Crippen LogP contribution in [0.15, 0.2) is 34.2 Å². The fraction of sp³-hybridized carbons (Fsp3) is 0.471. The summed E-state index contributed by atoms with van der Waals surface area (Å²) in [6, 6.07) is 8.52. The van der Waals surface area contributed by atoms with Crippen LogP contribution >= 0.6 is 11.8 Å². The van der Waals surface area contributed by atoms with E-state index in [0.717, 1.165) is 11.5 Å². The fourth-order valence-corrected chi connectivity index (χ4v) is 3.58. The van der Waals surface area contributed by atoms with Crippen molar-refractivity contribution in [1.82, 2.24) is 0 Å². The molecule has 0 amide bonds. The third kappa shape index (κ3) is 5.12. The molecule has 0 bridgehead atoms. The second-order valence-electron chi connectivity index (χ2n) is 5.03. The van der Waals surface area contributed by atoms with E-state index in [1.54, 1.807) is 0 Å². The number of rotatable bonds is 4. The Morgan fingerprint density at radius 3 is 2.89 bits per heavy atom. The lowest BCUT2D eigenvalue weighted by Crippen LogP contribution is -2.08. The summed E-state index contributed by atoms with van der Waals surface area (Å²) in [4.78, 5) is 5.08. The summed E-state index contributed by atoms with van der Waals surface area (Å²) in [6.07, 6.45) is 7.11. The number of thioether (sulfide) groups is 1. The molecule has 0 saturated heterocycles. The molecule has 1 nitrogen and oxygen atoms in total. The molecule has 1 aliphatic carbocycles. The molecule has 1 aromatic carbocycles. The van der Waals surface area contributed by atoms with Crippen molar-refractivity contribution in [3.8, 4) is 11.8 Å². The number of hydrogen-bond acceptors (Lipinski definition) is 2. The van der Waals surface area contributed by atoms with Gasteiger partial charge in [-0.15, -0.1) is 11.8 Å². The quantitative estimate of drug-likeness (QED) is 0.449. The van der Waals surface area contributed by atoms with Crippen molar-refractivity contribution < 1.29 is 0 Å². The largest absolute Gasteiger partial charge is 0.288 e. The van der Waals surface area contributed by atoms with Gasteiger partial charge >= 0.3 is 0 Å². The van der Waals surface area contributed by atoms with Gasteiger partial charge in [0.2, 0.25) is 0 Å². The minimum absolute atomic E-state index is 0.513. The van der Waals surface area contributed by atoms with Gasteiger partial charge in [0.1, 0.15) is 0 Å². The molecular formula is C17H21NS. The fourth-order valence-electron chi connectivity index (χ4n) is 2.43. The minimum atomic E-state index is 0.513. The van der Waals surface area contributed by atoms with Gasteiger partial charge in [-0.25, -0.2) is 0 Å². The molecule has 1 aromatic rings. The van der Waals surface area contributed by atoms with Crippen molar-refractivity contribution in [1.29, 1.82) is 0 Å². The maximum absolute atomic E-state index is 3.74. The summed E-state index contributed by atoms with van der Waals surface area (Å²) in [5, 5.41) is 0. The van der Waals surface area contributed by atoms with Gasteiger partial charge in [0, 0.05) is 16.2 Å². The van der Waals surface area contributed by atoms with Crippen molar-refractivity contribution in [3.63, 3.8) is 0 Å². The van der Waals surface area contributed by atoms with Crippen molar-refractivity contribution in [2.45, 2.75) is 37.0 Å². The predicted molar refractivity (Wildman–Crippen MR) is 85.0 cm³/mol. The van der Waals surface area contributed by atoms with Crippen LogP contribution in [0.4, 0.5) is 0 Å². The van der Waals surface area contributed by atoms with Crippen LogP contribution in [-0.2, 0) is 0 Å². The summed E-state index contributed by atoms with van der Waals surface area (Å²) >= 11 is 1.98. The van der Waals surface area contributed by atoms with Crippen LogP contribution in [0.3, 0.4) is 0 Å². The summed E-state index contributed by atoms with van der Waals surface area (Å²) in [6.45, 7) is 3.95. The number of nitrogens with zero attached hydrogens (tertiary/aromatic N) is 1. The maximum Gasteiger partial charge on any atom is 0.0994 e. The molecule has 0 N–H and O–H groups in total. The first kappa shape index (κ1) is 14.2. The molecule has 0 aromatic heterocycles. The first-order valence-electron chi connectivity index (χ1n) is 7.02. The van der Waals surface area contributed by atoms with E-state index >= 15 is 0 Å². The van der Waals surface area contributed by atoms with E-state index in [1.165, 1.54) is 42.8 Å². The average molecular weight is 271 g/mol. The SMILES string of the molecule is C=NCC#Cc1cccc(SCC2CCCCC2)c1. The highest BCUT2D eigenvalue weighted by atomic mass is 32.2. The highest BCUT2D eigenvalue weighted by Gasteiger charge is 2.13. The number of aliphatic imine (C=N–C) groups is 1. The van der Waals surface area contributed by atoms with Crippen LogP contribution in [-0.4, -0.2) is 19.0 Å². The molecule has 0 heterocycles. The summed E-state index contributed by atoms with van der Waals surface area (Å²) in [5.74, 6) is 8.29. The van der Waals surface area contributed by atoms with Gasteiger partial charge in [-0.2, -0.15) is 0 Å². The van der Waals surface area contributed by atoms with E-state index in [4.69, 9.17) is 0 Å². The van der Waals surface area contributed by atoms with Crippen LogP contribution in [0.25, 0.3) is 0 Å². The predicted octanol–water partition coefficient (Wildman–Crippen LogP) is 4.41. The second-order valence-corrected chi connectivity index (χ2v) is 6.12. The van der Waals surface area contributed by atoms with E-state index < -0.39 is 0 Å². The molecule has 0 spiro atoms. The van der Waals surface area contributed by atoms with Gasteiger partial charge in [-0.3, -0.25) is 4.99 Å². The summed E-state index contributed by atoms with van der Waals surface area (Å²) in [7, 11) is 0. The van der Waals surface area contributed by atoms with Crippen LogP contribution in [0, 0.1) is 17.8 Å². The van der Waals surface area contributed by atoms with E-state index in [1.807, 2.05) is 11.8 Å². The molecule has 1 fully saturated rings. The Morgan fingerprint density at radius 1 is 1.26 bits per heavy atom. The lowest BCUT2D eigenvalue weighted by atomic mass is 9.91. The van der Waals surface area contributed by atoms with Crippen LogP contribution in [0.1, 0.15) is 37.7 Å². The molecular weight excluding hydrogens is 250 g/mol. The van der Waals surface area contributed by atoms with E-state index in [-0.39, 0.29) is 0 Å². The molecule has 2 rings (SSSR count). The molecule has 19 heavy (non-hydrogen) atoms. The lowest BCUT2D eigenvalue weighted by Gasteiger charge is -2.20. The monoisotopic (exact) mass is 271 g/mol. The molecule has 2 heteroatoms. The summed E-state index contributed by atoms with van der Waals surface area (Å²) < 4.78 is 0. The van der Waals surface area contributed by atoms with Gasteiger partial charge in [0.25, 0.3) is 0 Å². The Bertz CT molecular complexity index is 464. The molecule has 0 atom stereocenters. The highest BCUT2D eigenvalue weighted by molar-refractivity contribution is 7.99. The first-order chi connectivity index (χ1) is 9.38. The van der Waals surface area contributed by atoms with Crippen molar-refractivity contribution in [2.75, 3.05) is 12.3 Å². The third-order valence-corrected chi connectivity index (χ3v) is 4.69. The average Bonchev–Trinajstić information content (AvgIpc) is 2.47. The lowest BCUT2D eigenvalue weighted by molar-refractivity contribution is 0.391. The number of benzene rings is 1. The van der Waals surface area contributed by atoms with Gasteiger partial charge in [-0.1, -0.05) is 37.2 Å². The molecule has 0 radical (unpaired) electrons. The van der Waals surface area contributed by atoms with Crippen LogP contribution in [0.5, 0.6) is 0 Å². The van der Waals surface area contributed by atoms with Gasteiger partial charge in [-0.05, 0) is 43.7 Å². The van der Waals surface area contributed by atoms with E-state index in [2.05, 4.69) is 47.8 Å². The van der Waals surface area contributed by atoms with Crippen molar-refractivity contribution in [3.05, 3.63) is 29.8 Å². The van der Waals surface area contributed by atoms with Gasteiger partial charge < -0.3 is 0 Å². The van der Waals surface area contributed by atoms with Crippen molar-refractivity contribution >= 4 is 18.5 Å². The van der Waals surface area contributed by atoms with Gasteiger partial charge in [0.05, 0.1) is 6.54 Å². The summed E-state index contributed by atoms with van der Waals surface area (Å²) in [5.41, 5.74) is 1.08. The normalized spacial score (nSPS) is 15.6. The zero-order valence-electron chi connectivity index (χ0n) is 11.4. The molecule has 1 aliphatic rings. The first-order valence-corrected chi connectivity index (χ1v) is 8.01. The standard InChI is InChI=1S/C17H21NS/c1-18-12-6-10-15-9-5-11-17(13-15)19-14-16-7-3-2-4-8-16/h5,9,11,13,16H,1-4,7-8,12,14H2. The Kier molecular flexibility index (Phi) is 6.04. The molecule has 100 valence electrons. The van der Waals surface area contributed by atoms with Crippen molar-refractivity contribution in [2.24, 2.45) is 10.9 Å². The Balaban J connectivity index is 1.88. The molecule has 0 aliphatic heterocycles. The zero-order chi connectivity index (χ0) is 13.3. The smallest absolute Gasteiger partial charge is 0.0994 e. The third-order valence-electron chi connectivity index (χ3n) is 3.47. The Hall–Kier alpha value is -1.20. The van der Waals surface area contributed by atoms with Crippen LogP contribution < -0.4 is 0 Å². The molecule has 0 unspecified atom stereocenters. The highest BCUT2D eigenvalue weighted by Crippen LogP contribution is 2.30. The van der Waals surface area contributed by atoms with E-state index in [9.17, 15) is 0 Å². The Morgan fingerprint density at radius 2 is 2.11 bits per heavy atom. The maximum atomic E-state index is 3.74. The van der Waals surface area contributed by atoms with E-state index in [0.29, 0.717) is 6.54 Å². The zero-order valence-corrected chi connectivity index (χ0v) is 12.2. The molecule has 1 saturated carbocycles. The second kappa shape index (κ2) is 8.07. The number of hydrogen-bond donors (Lipinski definition) is 0. The Labute approximate surface area is 120 Å². The topological polar surface area (TPSA) is 12.4 Å².